The topological polar surface area (TPSA) is 64.1 Å². The van der Waals surface area contributed by atoms with Crippen molar-refractivity contribution in [3.8, 4) is 5.75 Å². The van der Waals surface area contributed by atoms with Gasteiger partial charge < -0.3 is 10.1 Å². The minimum atomic E-state index is -0.236. The van der Waals surface area contributed by atoms with E-state index in [9.17, 15) is 4.79 Å². The number of hydrogen-bond acceptors (Lipinski definition) is 4. The Morgan fingerprint density at radius 2 is 1.89 bits per heavy atom. The smallest absolute Gasteiger partial charge is 0.258 e. The summed E-state index contributed by atoms with van der Waals surface area (Å²) < 4.78 is 5.32. The highest BCUT2D eigenvalue weighted by atomic mass is 16.5. The van der Waals surface area contributed by atoms with Crippen molar-refractivity contribution in [3.05, 3.63) is 48.5 Å². The van der Waals surface area contributed by atoms with Crippen LogP contribution < -0.4 is 10.1 Å². The molecule has 0 radical (unpaired) electrons. The molecule has 0 saturated carbocycles. The monoisotopic (exact) mass is 243 g/mol. The molecule has 2 aromatic rings. The number of nitrogens with zero attached hydrogens (tertiary/aromatic N) is 2. The molecule has 0 aliphatic carbocycles. The third-order valence-corrected chi connectivity index (χ3v) is 2.25. The van der Waals surface area contributed by atoms with Gasteiger partial charge in [0.05, 0.1) is 12.2 Å². The highest BCUT2D eigenvalue weighted by Gasteiger charge is 2.06. The molecule has 0 spiro atoms. The second kappa shape index (κ2) is 5.77. The van der Waals surface area contributed by atoms with E-state index in [1.165, 1.54) is 18.7 Å². The van der Waals surface area contributed by atoms with E-state index >= 15 is 0 Å². The Bertz CT molecular complexity index is 512. The maximum absolute atomic E-state index is 11.8. The quantitative estimate of drug-likeness (QED) is 0.893. The van der Waals surface area contributed by atoms with E-state index in [-0.39, 0.29) is 5.91 Å². The molecule has 1 N–H and O–H groups in total. The minimum absolute atomic E-state index is 0.236. The van der Waals surface area contributed by atoms with Gasteiger partial charge in [0.1, 0.15) is 12.1 Å². The molecule has 0 saturated heterocycles. The molecular formula is C13H13N3O2. The van der Waals surface area contributed by atoms with Crippen molar-refractivity contribution in [1.29, 1.82) is 0 Å². The molecule has 92 valence electrons. The lowest BCUT2D eigenvalue weighted by Crippen LogP contribution is -2.12. The van der Waals surface area contributed by atoms with E-state index in [0.717, 1.165) is 5.75 Å². The van der Waals surface area contributed by atoms with Gasteiger partial charge in [0, 0.05) is 18.1 Å². The predicted octanol–water partition coefficient (Wildman–Crippen LogP) is 2.13. The van der Waals surface area contributed by atoms with Crippen LogP contribution in [0.5, 0.6) is 5.75 Å². The Labute approximate surface area is 105 Å². The van der Waals surface area contributed by atoms with Crippen LogP contribution in [-0.2, 0) is 0 Å². The van der Waals surface area contributed by atoms with Crippen molar-refractivity contribution >= 4 is 11.6 Å². The van der Waals surface area contributed by atoms with Gasteiger partial charge in [-0.1, -0.05) is 0 Å². The van der Waals surface area contributed by atoms with E-state index in [1.807, 2.05) is 6.92 Å². The first-order chi connectivity index (χ1) is 8.79. The Hall–Kier alpha value is -2.43. The van der Waals surface area contributed by atoms with Crippen molar-refractivity contribution in [3.63, 3.8) is 0 Å². The highest BCUT2D eigenvalue weighted by molar-refractivity contribution is 6.03. The number of carbonyl (C=O) groups is 1. The van der Waals surface area contributed by atoms with Crippen molar-refractivity contribution in [2.24, 2.45) is 0 Å². The molecular weight excluding hydrogens is 230 g/mol. The average molecular weight is 243 g/mol. The van der Waals surface area contributed by atoms with Crippen LogP contribution in [0, 0.1) is 0 Å². The van der Waals surface area contributed by atoms with Gasteiger partial charge in [-0.15, -0.1) is 0 Å². The van der Waals surface area contributed by atoms with Gasteiger partial charge in [-0.05, 0) is 31.2 Å². The van der Waals surface area contributed by atoms with Crippen molar-refractivity contribution in [2.75, 3.05) is 11.9 Å². The molecule has 5 nitrogen and oxygen atoms in total. The summed E-state index contributed by atoms with van der Waals surface area (Å²) in [5, 5.41) is 2.75. The Kier molecular flexibility index (Phi) is 3.86. The fourth-order valence-electron chi connectivity index (χ4n) is 1.42. The van der Waals surface area contributed by atoms with Crippen LogP contribution in [0.25, 0.3) is 0 Å². The number of hydrogen-bond donors (Lipinski definition) is 1. The normalized spacial score (nSPS) is 9.83. The maximum Gasteiger partial charge on any atom is 0.258 e. The number of nitrogens with one attached hydrogen (secondary N) is 1. The second-order valence-corrected chi connectivity index (χ2v) is 3.54. The molecule has 2 rings (SSSR count). The van der Waals surface area contributed by atoms with Crippen LogP contribution in [0.4, 0.5) is 5.69 Å². The van der Waals surface area contributed by atoms with Gasteiger partial charge in [-0.25, -0.2) is 9.97 Å². The number of benzene rings is 1. The zero-order chi connectivity index (χ0) is 12.8. The lowest BCUT2D eigenvalue weighted by Gasteiger charge is -2.06. The molecule has 0 aliphatic heterocycles. The SMILES string of the molecule is CCOc1ccc(NC(=O)c2cncnc2)cc1. The minimum Gasteiger partial charge on any atom is -0.494 e. The first-order valence-electron chi connectivity index (χ1n) is 5.59. The summed E-state index contributed by atoms with van der Waals surface area (Å²) in [6, 6.07) is 7.18. The van der Waals surface area contributed by atoms with Gasteiger partial charge in [-0.2, -0.15) is 0 Å². The van der Waals surface area contributed by atoms with E-state index in [2.05, 4.69) is 15.3 Å². The summed E-state index contributed by atoms with van der Waals surface area (Å²) in [5.41, 5.74) is 1.12. The fourth-order valence-corrected chi connectivity index (χ4v) is 1.42. The highest BCUT2D eigenvalue weighted by Crippen LogP contribution is 2.16. The lowest BCUT2D eigenvalue weighted by molar-refractivity contribution is 0.102. The molecule has 1 heterocycles. The molecule has 18 heavy (non-hydrogen) atoms. The number of carbonyl (C=O) groups excluding carboxylic acids is 1. The number of anilines is 1. The summed E-state index contributed by atoms with van der Waals surface area (Å²) in [6.07, 6.45) is 4.32. The third-order valence-electron chi connectivity index (χ3n) is 2.25. The van der Waals surface area contributed by atoms with E-state index in [4.69, 9.17) is 4.74 Å². The maximum atomic E-state index is 11.8. The molecule has 0 bridgehead atoms. The molecule has 0 aliphatic rings. The summed E-state index contributed by atoms with van der Waals surface area (Å²) in [6.45, 7) is 2.54. The molecule has 0 atom stereocenters. The number of aromatic nitrogens is 2. The molecule has 1 amide bonds. The van der Waals surface area contributed by atoms with Crippen molar-refractivity contribution < 1.29 is 9.53 Å². The summed E-state index contributed by atoms with van der Waals surface area (Å²) in [4.78, 5) is 19.4. The Morgan fingerprint density at radius 3 is 2.50 bits per heavy atom. The number of rotatable bonds is 4. The largest absolute Gasteiger partial charge is 0.494 e. The van der Waals surface area contributed by atoms with Crippen molar-refractivity contribution in [1.82, 2.24) is 9.97 Å². The van der Waals surface area contributed by atoms with Crippen LogP contribution in [0.1, 0.15) is 17.3 Å². The van der Waals surface area contributed by atoms with Crippen LogP contribution >= 0.6 is 0 Å². The van der Waals surface area contributed by atoms with Gasteiger partial charge in [-0.3, -0.25) is 4.79 Å². The summed E-state index contributed by atoms with van der Waals surface area (Å²) in [5.74, 6) is 0.540. The Balaban J connectivity index is 2.03. The van der Waals surface area contributed by atoms with E-state index in [0.29, 0.717) is 17.9 Å². The summed E-state index contributed by atoms with van der Waals surface area (Å²) >= 11 is 0. The number of amides is 1. The predicted molar refractivity (Wildman–Crippen MR) is 67.6 cm³/mol. The van der Waals surface area contributed by atoms with Crippen LogP contribution in [0.2, 0.25) is 0 Å². The average Bonchev–Trinajstić information content (AvgIpc) is 2.42. The first-order valence-corrected chi connectivity index (χ1v) is 5.59. The van der Waals surface area contributed by atoms with Gasteiger partial charge in [0.25, 0.3) is 5.91 Å². The third kappa shape index (κ3) is 3.04. The van der Waals surface area contributed by atoms with Crippen LogP contribution in [-0.4, -0.2) is 22.5 Å². The van der Waals surface area contributed by atoms with Gasteiger partial charge in [0.2, 0.25) is 0 Å². The standard InChI is InChI=1S/C13H13N3O2/c1-2-18-12-5-3-11(4-6-12)16-13(17)10-7-14-9-15-8-10/h3-9H,2H2,1H3,(H,16,17). The molecule has 1 aromatic carbocycles. The number of ether oxygens (including phenoxy) is 1. The summed E-state index contributed by atoms with van der Waals surface area (Å²) in [7, 11) is 0. The van der Waals surface area contributed by atoms with Crippen LogP contribution in [0.15, 0.2) is 43.0 Å². The molecule has 0 unspecified atom stereocenters. The second-order valence-electron chi connectivity index (χ2n) is 3.54. The first kappa shape index (κ1) is 12.0. The van der Waals surface area contributed by atoms with E-state index < -0.39 is 0 Å². The Morgan fingerprint density at radius 1 is 1.22 bits per heavy atom. The fraction of sp³-hybridized carbons (Fsp3) is 0.154. The molecule has 0 fully saturated rings. The van der Waals surface area contributed by atoms with Gasteiger partial charge in [0.15, 0.2) is 0 Å². The molecule has 5 heteroatoms. The van der Waals surface area contributed by atoms with Gasteiger partial charge >= 0.3 is 0 Å². The lowest BCUT2D eigenvalue weighted by atomic mass is 10.2. The molecule has 1 aromatic heterocycles. The van der Waals surface area contributed by atoms with Crippen molar-refractivity contribution in [2.45, 2.75) is 6.92 Å². The van der Waals surface area contributed by atoms with E-state index in [1.54, 1.807) is 24.3 Å². The zero-order valence-electron chi connectivity index (χ0n) is 9.96. The zero-order valence-corrected chi connectivity index (χ0v) is 9.96. The van der Waals surface area contributed by atoms with Crippen LogP contribution in [0.3, 0.4) is 0 Å².